The Labute approximate surface area is 104 Å². The summed E-state index contributed by atoms with van der Waals surface area (Å²) >= 11 is 0. The van der Waals surface area contributed by atoms with Gasteiger partial charge in [-0.25, -0.2) is 0 Å². The summed E-state index contributed by atoms with van der Waals surface area (Å²) in [5, 5.41) is 8.68. The molecule has 0 atom stereocenters. The fraction of sp³-hybridized carbons (Fsp3) is 0.571. The molecule has 0 aliphatic rings. The number of rotatable bonds is 7. The van der Waals surface area contributed by atoms with Crippen molar-refractivity contribution in [3.05, 3.63) is 28.8 Å². The van der Waals surface area contributed by atoms with Crippen molar-refractivity contribution in [2.45, 2.75) is 39.7 Å². The van der Waals surface area contributed by atoms with Crippen LogP contribution in [0.3, 0.4) is 0 Å². The first-order valence-corrected chi connectivity index (χ1v) is 6.23. The first-order valence-electron chi connectivity index (χ1n) is 6.23. The predicted octanol–water partition coefficient (Wildman–Crippen LogP) is 2.30. The molecule has 0 radical (unpaired) electrons. The maximum Gasteiger partial charge on any atom is 0.125 e. The fourth-order valence-electron chi connectivity index (χ4n) is 1.95. The molecule has 0 unspecified atom stereocenters. The lowest BCUT2D eigenvalue weighted by Crippen LogP contribution is -2.03. The number of nitrogens with two attached hydrogens (primary N) is 1. The van der Waals surface area contributed by atoms with Gasteiger partial charge in [-0.05, 0) is 49.8 Å². The van der Waals surface area contributed by atoms with Crippen LogP contribution in [0.25, 0.3) is 0 Å². The number of aliphatic hydroxyl groups excluding tert-OH is 1. The van der Waals surface area contributed by atoms with Gasteiger partial charge < -0.3 is 15.6 Å². The minimum Gasteiger partial charge on any atom is -0.493 e. The molecule has 0 bridgehead atoms. The highest BCUT2D eigenvalue weighted by Crippen LogP contribution is 2.24. The van der Waals surface area contributed by atoms with Crippen LogP contribution < -0.4 is 10.5 Å². The number of unbranched alkanes of at least 4 members (excludes halogenated alkanes) is 2. The number of ether oxygens (including phenoxy) is 1. The van der Waals surface area contributed by atoms with Crippen LogP contribution in [0, 0.1) is 13.8 Å². The van der Waals surface area contributed by atoms with Crippen molar-refractivity contribution >= 4 is 0 Å². The van der Waals surface area contributed by atoms with Crippen LogP contribution in [0.1, 0.15) is 36.0 Å². The summed E-state index contributed by atoms with van der Waals surface area (Å²) in [5.74, 6) is 0.978. The molecule has 1 rings (SSSR count). The highest BCUT2D eigenvalue weighted by atomic mass is 16.5. The predicted molar refractivity (Wildman–Crippen MR) is 70.2 cm³/mol. The van der Waals surface area contributed by atoms with Crippen molar-refractivity contribution in [3.63, 3.8) is 0 Å². The molecule has 0 spiro atoms. The van der Waals surface area contributed by atoms with E-state index in [-0.39, 0.29) is 6.61 Å². The summed E-state index contributed by atoms with van der Waals surface area (Å²) in [5.41, 5.74) is 9.07. The highest BCUT2D eigenvalue weighted by molar-refractivity contribution is 5.43. The molecule has 0 aliphatic heterocycles. The molecule has 1 aromatic carbocycles. The zero-order valence-corrected chi connectivity index (χ0v) is 10.8. The number of hydrogen-bond acceptors (Lipinski definition) is 3. The summed E-state index contributed by atoms with van der Waals surface area (Å²) in [6.45, 7) is 5.65. The van der Waals surface area contributed by atoms with Crippen molar-refractivity contribution < 1.29 is 9.84 Å². The fourth-order valence-corrected chi connectivity index (χ4v) is 1.95. The van der Waals surface area contributed by atoms with Crippen LogP contribution in [0.2, 0.25) is 0 Å². The lowest BCUT2D eigenvalue weighted by molar-refractivity contribution is 0.265. The summed E-state index contributed by atoms with van der Waals surface area (Å²) in [4.78, 5) is 0. The van der Waals surface area contributed by atoms with E-state index < -0.39 is 0 Å². The topological polar surface area (TPSA) is 55.5 Å². The van der Waals surface area contributed by atoms with Gasteiger partial charge in [0, 0.05) is 13.2 Å². The second-order valence-corrected chi connectivity index (χ2v) is 4.40. The minimum absolute atomic E-state index is 0.267. The van der Waals surface area contributed by atoms with Crippen molar-refractivity contribution in [1.82, 2.24) is 0 Å². The second kappa shape index (κ2) is 7.30. The third-order valence-corrected chi connectivity index (χ3v) is 2.80. The Morgan fingerprint density at radius 2 is 1.76 bits per heavy atom. The minimum atomic E-state index is 0.267. The average Bonchev–Trinajstić information content (AvgIpc) is 2.31. The maximum absolute atomic E-state index is 8.68. The molecule has 0 amide bonds. The molecule has 96 valence electrons. The molecule has 3 N–H and O–H groups in total. The van der Waals surface area contributed by atoms with Gasteiger partial charge >= 0.3 is 0 Å². The van der Waals surface area contributed by atoms with E-state index in [0.717, 1.165) is 41.7 Å². The largest absolute Gasteiger partial charge is 0.493 e. The van der Waals surface area contributed by atoms with Crippen LogP contribution in [-0.2, 0) is 6.54 Å². The van der Waals surface area contributed by atoms with E-state index in [9.17, 15) is 0 Å². The Bertz CT molecular complexity index is 327. The molecule has 1 aromatic rings. The monoisotopic (exact) mass is 237 g/mol. The van der Waals surface area contributed by atoms with Gasteiger partial charge in [0.25, 0.3) is 0 Å². The maximum atomic E-state index is 8.68. The lowest BCUT2D eigenvalue weighted by Gasteiger charge is -2.13. The van der Waals surface area contributed by atoms with Gasteiger partial charge in [0.1, 0.15) is 5.75 Å². The van der Waals surface area contributed by atoms with Gasteiger partial charge in [-0.1, -0.05) is 12.1 Å². The molecule has 3 nitrogen and oxygen atoms in total. The van der Waals surface area contributed by atoms with E-state index in [1.165, 1.54) is 0 Å². The van der Waals surface area contributed by atoms with Crippen molar-refractivity contribution in [1.29, 1.82) is 0 Å². The highest BCUT2D eigenvalue weighted by Gasteiger charge is 2.05. The molecule has 0 saturated heterocycles. The SMILES string of the molecule is Cc1cc(CN)cc(C)c1OCCCCCO. The molecular formula is C14H23NO2. The number of aliphatic hydroxyl groups is 1. The van der Waals surface area contributed by atoms with Crippen LogP contribution in [0.4, 0.5) is 0 Å². The molecule has 0 heterocycles. The Morgan fingerprint density at radius 3 is 2.29 bits per heavy atom. The summed E-state index contributed by atoms with van der Waals surface area (Å²) < 4.78 is 5.79. The summed E-state index contributed by atoms with van der Waals surface area (Å²) in [7, 11) is 0. The quantitative estimate of drug-likeness (QED) is 0.715. The summed E-state index contributed by atoms with van der Waals surface area (Å²) in [6.07, 6.45) is 2.85. The van der Waals surface area contributed by atoms with Gasteiger partial charge in [-0.15, -0.1) is 0 Å². The van der Waals surface area contributed by atoms with Gasteiger partial charge in [0.15, 0.2) is 0 Å². The van der Waals surface area contributed by atoms with E-state index in [2.05, 4.69) is 26.0 Å². The van der Waals surface area contributed by atoms with Gasteiger partial charge in [0.05, 0.1) is 6.61 Å². The van der Waals surface area contributed by atoms with Gasteiger partial charge in [-0.2, -0.15) is 0 Å². The van der Waals surface area contributed by atoms with Crippen LogP contribution in [0.5, 0.6) is 5.75 Å². The molecule has 0 aliphatic carbocycles. The first-order chi connectivity index (χ1) is 8.19. The van der Waals surface area contributed by atoms with E-state index in [0.29, 0.717) is 13.2 Å². The third-order valence-electron chi connectivity index (χ3n) is 2.80. The number of aryl methyl sites for hydroxylation is 2. The van der Waals surface area contributed by atoms with Crippen molar-refractivity contribution in [2.75, 3.05) is 13.2 Å². The Morgan fingerprint density at radius 1 is 1.12 bits per heavy atom. The molecular weight excluding hydrogens is 214 g/mol. The molecule has 0 saturated carbocycles. The average molecular weight is 237 g/mol. The zero-order chi connectivity index (χ0) is 12.7. The van der Waals surface area contributed by atoms with Crippen molar-refractivity contribution in [3.8, 4) is 5.75 Å². The van der Waals surface area contributed by atoms with E-state index >= 15 is 0 Å². The standard InChI is InChI=1S/C14H23NO2/c1-11-8-13(10-15)9-12(2)14(11)17-7-5-3-4-6-16/h8-9,16H,3-7,10,15H2,1-2H3. The molecule has 3 heteroatoms. The van der Waals surface area contributed by atoms with Crippen LogP contribution in [-0.4, -0.2) is 18.3 Å². The Hall–Kier alpha value is -1.06. The molecule has 17 heavy (non-hydrogen) atoms. The Balaban J connectivity index is 2.53. The number of benzene rings is 1. The van der Waals surface area contributed by atoms with Crippen LogP contribution in [0.15, 0.2) is 12.1 Å². The van der Waals surface area contributed by atoms with Gasteiger partial charge in [-0.3, -0.25) is 0 Å². The van der Waals surface area contributed by atoms with E-state index in [1.54, 1.807) is 0 Å². The number of hydrogen-bond donors (Lipinski definition) is 2. The smallest absolute Gasteiger partial charge is 0.125 e. The third kappa shape index (κ3) is 4.36. The van der Waals surface area contributed by atoms with E-state index in [1.807, 2.05) is 0 Å². The molecule has 0 fully saturated rings. The van der Waals surface area contributed by atoms with E-state index in [4.69, 9.17) is 15.6 Å². The van der Waals surface area contributed by atoms with Crippen LogP contribution >= 0.6 is 0 Å². The first kappa shape index (κ1) is 14.0. The lowest BCUT2D eigenvalue weighted by atomic mass is 10.1. The Kier molecular flexibility index (Phi) is 6.01. The second-order valence-electron chi connectivity index (χ2n) is 4.40. The summed E-state index contributed by atoms with van der Waals surface area (Å²) in [6, 6.07) is 4.16. The van der Waals surface area contributed by atoms with Crippen molar-refractivity contribution in [2.24, 2.45) is 5.73 Å². The zero-order valence-electron chi connectivity index (χ0n) is 10.8. The van der Waals surface area contributed by atoms with Gasteiger partial charge in [0.2, 0.25) is 0 Å². The molecule has 0 aromatic heterocycles. The normalized spacial score (nSPS) is 10.6.